The van der Waals surface area contributed by atoms with Gasteiger partial charge in [-0.2, -0.15) is 5.26 Å². The van der Waals surface area contributed by atoms with E-state index in [2.05, 4.69) is 5.32 Å². The number of nitrogens with one attached hydrogen (secondary N) is 1. The van der Waals surface area contributed by atoms with Crippen LogP contribution in [0.1, 0.15) is 5.76 Å². The second-order valence-electron chi connectivity index (χ2n) is 5.43. The number of furan rings is 1. The van der Waals surface area contributed by atoms with Crippen molar-refractivity contribution in [3.05, 3.63) is 81.0 Å². The fourth-order valence-corrected chi connectivity index (χ4v) is 2.99. The normalized spacial score (nSPS) is 11.1. The maximum Gasteiger partial charge on any atom is 0.266 e. The summed E-state index contributed by atoms with van der Waals surface area (Å²) in [4.78, 5) is 12.4. The monoisotopic (exact) mass is 416 g/mol. The zero-order valence-electron chi connectivity index (χ0n) is 13.7. The third kappa shape index (κ3) is 4.53. The lowest BCUT2D eigenvalue weighted by Crippen LogP contribution is -2.13. The fraction of sp³-hybridized carbons (Fsp3) is 0. The summed E-state index contributed by atoms with van der Waals surface area (Å²) in [5.41, 5.74) is 0.930. The molecule has 4 nitrogen and oxygen atoms in total. The minimum atomic E-state index is -0.614. The molecule has 7 heteroatoms. The van der Waals surface area contributed by atoms with Crippen molar-refractivity contribution in [1.82, 2.24) is 0 Å². The van der Waals surface area contributed by atoms with E-state index in [4.69, 9.17) is 39.2 Å². The number of nitriles is 1. The van der Waals surface area contributed by atoms with Crippen LogP contribution < -0.4 is 5.32 Å². The molecule has 3 rings (SSSR count). The van der Waals surface area contributed by atoms with E-state index in [1.165, 1.54) is 12.1 Å². The van der Waals surface area contributed by atoms with E-state index in [1.807, 2.05) is 24.3 Å². The highest BCUT2D eigenvalue weighted by atomic mass is 35.5. The van der Waals surface area contributed by atoms with Gasteiger partial charge >= 0.3 is 0 Å². The molecule has 2 aromatic carbocycles. The van der Waals surface area contributed by atoms with Crippen molar-refractivity contribution in [3.8, 4) is 17.4 Å². The third-order valence-electron chi connectivity index (χ3n) is 3.60. The van der Waals surface area contributed by atoms with Gasteiger partial charge in [-0.1, -0.05) is 46.9 Å². The van der Waals surface area contributed by atoms with Gasteiger partial charge in [0.25, 0.3) is 5.91 Å². The minimum absolute atomic E-state index is 0.138. The van der Waals surface area contributed by atoms with Crippen molar-refractivity contribution >= 4 is 52.5 Å². The number of anilines is 1. The largest absolute Gasteiger partial charge is 0.457 e. The number of halogens is 3. The first-order valence-corrected chi connectivity index (χ1v) is 8.84. The highest BCUT2D eigenvalue weighted by Crippen LogP contribution is 2.30. The molecular weight excluding hydrogens is 407 g/mol. The highest BCUT2D eigenvalue weighted by molar-refractivity contribution is 6.37. The average molecular weight is 418 g/mol. The Balaban J connectivity index is 1.83. The smallest absolute Gasteiger partial charge is 0.266 e. The number of rotatable bonds is 4. The lowest BCUT2D eigenvalue weighted by Gasteiger charge is -2.06. The van der Waals surface area contributed by atoms with Gasteiger partial charge in [0.05, 0.1) is 15.7 Å². The van der Waals surface area contributed by atoms with Crippen LogP contribution in [0.3, 0.4) is 0 Å². The molecule has 0 radical (unpaired) electrons. The van der Waals surface area contributed by atoms with Crippen LogP contribution in [0.4, 0.5) is 5.69 Å². The Morgan fingerprint density at radius 3 is 2.52 bits per heavy atom. The maximum atomic E-state index is 12.4. The predicted molar refractivity (Wildman–Crippen MR) is 108 cm³/mol. The van der Waals surface area contributed by atoms with E-state index in [9.17, 15) is 10.1 Å². The molecule has 0 bridgehead atoms. The van der Waals surface area contributed by atoms with Crippen LogP contribution in [0.5, 0.6) is 0 Å². The van der Waals surface area contributed by atoms with Crippen molar-refractivity contribution in [2.24, 2.45) is 0 Å². The SMILES string of the molecule is N#C/C(=C\c1ccc(-c2ccccc2Cl)o1)C(=O)Nc1ccc(Cl)cc1Cl. The molecule has 0 unspecified atom stereocenters. The third-order valence-corrected chi connectivity index (χ3v) is 4.47. The zero-order valence-corrected chi connectivity index (χ0v) is 15.9. The van der Waals surface area contributed by atoms with Crippen molar-refractivity contribution in [2.75, 3.05) is 5.32 Å². The molecule has 0 saturated carbocycles. The van der Waals surface area contributed by atoms with Crippen LogP contribution in [-0.2, 0) is 4.79 Å². The number of benzene rings is 2. The lowest BCUT2D eigenvalue weighted by molar-refractivity contribution is -0.112. The molecule has 1 N–H and O–H groups in total. The van der Waals surface area contributed by atoms with Gasteiger partial charge in [-0.15, -0.1) is 0 Å². The molecule has 0 fully saturated rings. The summed E-state index contributed by atoms with van der Waals surface area (Å²) >= 11 is 18.0. The second-order valence-corrected chi connectivity index (χ2v) is 6.68. The van der Waals surface area contributed by atoms with Crippen LogP contribution >= 0.6 is 34.8 Å². The lowest BCUT2D eigenvalue weighted by atomic mass is 10.2. The Morgan fingerprint density at radius 2 is 1.81 bits per heavy atom. The molecule has 1 heterocycles. The summed E-state index contributed by atoms with van der Waals surface area (Å²) in [6, 6.07) is 17.1. The fourth-order valence-electron chi connectivity index (χ4n) is 2.31. The van der Waals surface area contributed by atoms with Gasteiger partial charge < -0.3 is 9.73 Å². The van der Waals surface area contributed by atoms with E-state index < -0.39 is 5.91 Å². The molecule has 1 amide bonds. The van der Waals surface area contributed by atoms with E-state index >= 15 is 0 Å². The predicted octanol–water partition coefficient (Wildman–Crippen LogP) is 6.45. The number of hydrogen-bond donors (Lipinski definition) is 1. The van der Waals surface area contributed by atoms with Gasteiger partial charge in [-0.25, -0.2) is 0 Å². The van der Waals surface area contributed by atoms with E-state index in [0.29, 0.717) is 27.3 Å². The van der Waals surface area contributed by atoms with Crippen molar-refractivity contribution in [3.63, 3.8) is 0 Å². The minimum Gasteiger partial charge on any atom is -0.457 e. The molecule has 0 aliphatic heterocycles. The quantitative estimate of drug-likeness (QED) is 0.392. The first-order chi connectivity index (χ1) is 13.0. The summed E-state index contributed by atoms with van der Waals surface area (Å²) in [5, 5.41) is 13.1. The molecule has 0 aliphatic rings. The molecular formula is C20H11Cl3N2O2. The number of amides is 1. The first-order valence-electron chi connectivity index (χ1n) is 7.71. The summed E-state index contributed by atoms with van der Waals surface area (Å²) < 4.78 is 5.69. The molecule has 1 aromatic heterocycles. The molecule has 0 aliphatic carbocycles. The van der Waals surface area contributed by atoms with Crippen molar-refractivity contribution < 1.29 is 9.21 Å². The van der Waals surface area contributed by atoms with E-state index in [0.717, 1.165) is 5.56 Å². The number of carbonyl (C=O) groups is 1. The average Bonchev–Trinajstić information content (AvgIpc) is 3.10. The topological polar surface area (TPSA) is 66.0 Å². The van der Waals surface area contributed by atoms with Crippen LogP contribution in [0.15, 0.2) is 64.6 Å². The van der Waals surface area contributed by atoms with Gasteiger partial charge in [0.2, 0.25) is 0 Å². The highest BCUT2D eigenvalue weighted by Gasteiger charge is 2.14. The number of hydrogen-bond acceptors (Lipinski definition) is 3. The summed E-state index contributed by atoms with van der Waals surface area (Å²) in [6.07, 6.45) is 1.35. The van der Waals surface area contributed by atoms with Crippen LogP contribution in [0, 0.1) is 11.3 Å². The second kappa shape index (κ2) is 8.32. The number of carbonyl (C=O) groups excluding carboxylic acids is 1. The Morgan fingerprint density at radius 1 is 1.04 bits per heavy atom. The standard InChI is InChI=1S/C20H11Cl3N2O2/c21-13-5-7-18(17(23)10-13)25-20(26)12(11-24)9-14-6-8-19(27-14)15-3-1-2-4-16(15)22/h1-10H,(H,25,26)/b12-9+. The van der Waals surface area contributed by atoms with E-state index in [1.54, 1.807) is 30.3 Å². The van der Waals surface area contributed by atoms with Crippen molar-refractivity contribution in [1.29, 1.82) is 5.26 Å². The molecule has 0 spiro atoms. The van der Waals surface area contributed by atoms with Crippen LogP contribution in [-0.4, -0.2) is 5.91 Å². The molecule has 134 valence electrons. The molecule has 27 heavy (non-hydrogen) atoms. The Kier molecular flexibility index (Phi) is 5.88. The van der Waals surface area contributed by atoms with Gasteiger partial charge in [-0.3, -0.25) is 4.79 Å². The summed E-state index contributed by atoms with van der Waals surface area (Å²) in [6.45, 7) is 0. The Bertz CT molecular complexity index is 1080. The van der Waals surface area contributed by atoms with E-state index in [-0.39, 0.29) is 10.6 Å². The van der Waals surface area contributed by atoms with Gasteiger partial charge in [-0.05, 0) is 42.5 Å². The Labute approximate surface area is 170 Å². The van der Waals surface area contributed by atoms with Gasteiger partial charge in [0.1, 0.15) is 23.2 Å². The van der Waals surface area contributed by atoms with Gasteiger partial charge in [0, 0.05) is 16.7 Å². The number of nitrogens with zero attached hydrogens (tertiary/aromatic N) is 1. The summed E-state index contributed by atoms with van der Waals surface area (Å²) in [7, 11) is 0. The van der Waals surface area contributed by atoms with Gasteiger partial charge in [0.15, 0.2) is 0 Å². The van der Waals surface area contributed by atoms with Crippen LogP contribution in [0.25, 0.3) is 17.4 Å². The zero-order chi connectivity index (χ0) is 19.4. The Hall–Kier alpha value is -2.71. The summed E-state index contributed by atoms with van der Waals surface area (Å²) in [5.74, 6) is 0.265. The molecule has 0 atom stereocenters. The van der Waals surface area contributed by atoms with Crippen molar-refractivity contribution in [2.45, 2.75) is 0 Å². The maximum absolute atomic E-state index is 12.4. The molecule has 0 saturated heterocycles. The van der Waals surface area contributed by atoms with Crippen LogP contribution in [0.2, 0.25) is 15.1 Å². The molecule has 3 aromatic rings. The first kappa shape index (κ1) is 19.1.